The predicted molar refractivity (Wildman–Crippen MR) is 366 cm³/mol. The quantitative estimate of drug-likeness (QED) is 0.0220. The monoisotopic (exact) mass is 1410 g/mol. The molecule has 0 aliphatic heterocycles. The molecule has 0 fully saturated rings. The number of esters is 3. The maximum Gasteiger partial charge on any atom is 0.416 e. The fourth-order valence-electron chi connectivity index (χ4n) is 10.0. The average Bonchev–Trinajstić information content (AvgIpc) is 0.820. The Bertz CT molecular complexity index is 4320. The van der Waals surface area contributed by atoms with E-state index in [1.165, 1.54) is 133 Å². The molecule has 8 aromatic carbocycles. The zero-order valence-corrected chi connectivity index (χ0v) is 57.1. The number of nitrogens with zero attached hydrogens (tertiary/aromatic N) is 2. The number of carbonyl (C=O) groups is 9. The third-order valence-corrected chi connectivity index (χ3v) is 14.9. The summed E-state index contributed by atoms with van der Waals surface area (Å²) in [7, 11) is 2.48. The number of alkyl halides is 6. The van der Waals surface area contributed by atoms with E-state index in [0.717, 1.165) is 28.8 Å². The molecule has 0 atom stereocenters. The number of halogens is 6. The Labute approximate surface area is 584 Å². The Morgan fingerprint density at radius 3 is 1.15 bits per heavy atom. The fraction of sp³-hybridized carbons (Fsp3) is 0.260. The van der Waals surface area contributed by atoms with Crippen LogP contribution in [0.5, 0.6) is 11.5 Å². The van der Waals surface area contributed by atoms with Crippen molar-refractivity contribution < 1.29 is 98.3 Å². The van der Waals surface area contributed by atoms with E-state index in [1.807, 2.05) is 43.3 Å². The number of Topliss-reactive ketones (excluding diaryl/α,β-unsaturated/α-hetero) is 1. The minimum atomic E-state index is -4.70. The van der Waals surface area contributed by atoms with Crippen LogP contribution in [0.1, 0.15) is 132 Å². The van der Waals surface area contributed by atoms with E-state index >= 15 is 0 Å². The maximum absolute atomic E-state index is 13.8. The van der Waals surface area contributed by atoms with Gasteiger partial charge in [-0.1, -0.05) is 90.5 Å². The summed E-state index contributed by atoms with van der Waals surface area (Å²) in [6, 6.07) is 45.0. The fourth-order valence-corrected chi connectivity index (χ4v) is 10.0. The topological polar surface area (TPSA) is 251 Å². The van der Waals surface area contributed by atoms with Gasteiger partial charge in [0, 0.05) is 41.2 Å². The highest BCUT2D eigenvalue weighted by atomic mass is 19.4. The Kier molecular flexibility index (Phi) is 25.9. The van der Waals surface area contributed by atoms with E-state index in [-0.39, 0.29) is 75.1 Å². The summed E-state index contributed by atoms with van der Waals surface area (Å²) in [5.74, 6) is -6.02. The molecule has 3 N–H and O–H groups in total. The molecule has 19 nitrogen and oxygen atoms in total. The molecule has 8 rings (SSSR count). The van der Waals surface area contributed by atoms with Crippen LogP contribution in [0.25, 0.3) is 11.1 Å². The zero-order chi connectivity index (χ0) is 74.9. The van der Waals surface area contributed by atoms with Gasteiger partial charge in [0.2, 0.25) is 11.8 Å². The standard InChI is InChI=1S/C46H43F3N2O8.C31H31F3N2O7/c1-29-6-10-31(11-7-29)32-14-16-33(17-15-32)40(52)28-58-44(56)35-12-8-30(9-13-35)26-51(27-42(54)59-45(2,3)4)43(55)34-18-21-37(22-19-34)50-41(53)24-36-20-23-38(57-5)25-39(36)46(47,48)49;1-30(2,3)43-27(38)18-36(17-19-5-7-21(8-6-19)29(40)41)28(39)20-9-12-23(13-10-20)35-26(37)15-22-11-14-24(42-4)16-25(22)31(32,33)34/h6-23,25H,24,26-28H2,1-5H3,(H,50,53);5-14,16H,15,17-18H2,1-4H3,(H,35,37)(H,40,41). The normalized spacial score (nSPS) is 11.4. The first-order valence-corrected chi connectivity index (χ1v) is 31.5. The van der Waals surface area contributed by atoms with Gasteiger partial charge in [-0.25, -0.2) is 9.59 Å². The highest BCUT2D eigenvalue weighted by Gasteiger charge is 2.36. The third-order valence-electron chi connectivity index (χ3n) is 14.9. The molecule has 0 aliphatic carbocycles. The van der Waals surface area contributed by atoms with Gasteiger partial charge in [0.25, 0.3) is 11.8 Å². The van der Waals surface area contributed by atoms with Gasteiger partial charge >= 0.3 is 36.2 Å². The number of carboxylic acid groups (broad SMARTS) is 1. The lowest BCUT2D eigenvalue weighted by atomic mass is 10.0. The third kappa shape index (κ3) is 23.5. The minimum Gasteiger partial charge on any atom is -0.497 e. The molecule has 102 heavy (non-hydrogen) atoms. The molecule has 25 heteroatoms. The van der Waals surface area contributed by atoms with Crippen LogP contribution in [0, 0.1) is 6.92 Å². The number of carboxylic acids is 1. The summed E-state index contributed by atoms with van der Waals surface area (Å²) in [5.41, 5.74) is 1.58. The molecule has 534 valence electrons. The number of carbonyl (C=O) groups excluding carboxylic acids is 8. The first kappa shape index (κ1) is 77.7. The number of amides is 4. The largest absolute Gasteiger partial charge is 0.497 e. The summed E-state index contributed by atoms with van der Waals surface area (Å²) < 4.78 is 107. The van der Waals surface area contributed by atoms with Crippen LogP contribution in [0.2, 0.25) is 0 Å². The number of ether oxygens (including phenoxy) is 5. The predicted octanol–water partition coefficient (Wildman–Crippen LogP) is 14.5. The van der Waals surface area contributed by atoms with E-state index < -0.39 is 115 Å². The Morgan fingerprint density at radius 1 is 0.441 bits per heavy atom. The lowest BCUT2D eigenvalue weighted by molar-refractivity contribution is -0.156. The molecule has 0 spiro atoms. The Balaban J connectivity index is 0.000000301. The van der Waals surface area contributed by atoms with E-state index in [2.05, 4.69) is 10.6 Å². The summed E-state index contributed by atoms with van der Waals surface area (Å²) in [6.07, 6.45) is -10.5. The average molecular weight is 1410 g/mol. The number of rotatable bonds is 24. The second-order valence-electron chi connectivity index (χ2n) is 25.3. The summed E-state index contributed by atoms with van der Waals surface area (Å²) in [4.78, 5) is 117. The van der Waals surface area contributed by atoms with Crippen molar-refractivity contribution in [3.63, 3.8) is 0 Å². The molecular weight excluding hydrogens is 1330 g/mol. The number of methoxy groups -OCH3 is 2. The van der Waals surface area contributed by atoms with E-state index in [0.29, 0.717) is 16.7 Å². The second kappa shape index (κ2) is 34.0. The van der Waals surface area contributed by atoms with Crippen LogP contribution >= 0.6 is 0 Å². The summed E-state index contributed by atoms with van der Waals surface area (Å²) in [5, 5.41) is 14.2. The van der Waals surface area contributed by atoms with E-state index in [4.69, 9.17) is 28.8 Å². The maximum atomic E-state index is 13.8. The highest BCUT2D eigenvalue weighted by Crippen LogP contribution is 2.37. The molecule has 0 saturated carbocycles. The van der Waals surface area contributed by atoms with Crippen LogP contribution in [0.3, 0.4) is 0 Å². The zero-order valence-electron chi connectivity index (χ0n) is 57.1. The number of nitrogens with one attached hydrogen (secondary N) is 2. The molecule has 0 heterocycles. The van der Waals surface area contributed by atoms with Crippen LogP contribution in [0.4, 0.5) is 37.7 Å². The van der Waals surface area contributed by atoms with Crippen molar-refractivity contribution in [1.82, 2.24) is 9.80 Å². The van der Waals surface area contributed by atoms with E-state index in [1.54, 1.807) is 65.8 Å². The number of ketones is 1. The van der Waals surface area contributed by atoms with Crippen molar-refractivity contribution in [2.75, 3.05) is 44.5 Å². The number of hydrogen-bond acceptors (Lipinski definition) is 14. The van der Waals surface area contributed by atoms with Crippen LogP contribution in [-0.4, -0.2) is 113 Å². The van der Waals surface area contributed by atoms with Crippen LogP contribution < -0.4 is 20.1 Å². The van der Waals surface area contributed by atoms with Gasteiger partial charge in [0.15, 0.2) is 12.4 Å². The van der Waals surface area contributed by atoms with Crippen molar-refractivity contribution >= 4 is 64.7 Å². The summed E-state index contributed by atoms with van der Waals surface area (Å²) in [6.45, 7) is 10.8. The number of aryl methyl sites for hydroxylation is 1. The van der Waals surface area contributed by atoms with Crippen molar-refractivity contribution in [3.8, 4) is 22.6 Å². The number of aromatic carboxylic acids is 1. The lowest BCUT2D eigenvalue weighted by Crippen LogP contribution is -2.38. The van der Waals surface area contributed by atoms with Crippen LogP contribution in [0.15, 0.2) is 182 Å². The van der Waals surface area contributed by atoms with Gasteiger partial charge in [-0.05, 0) is 179 Å². The molecule has 0 bridgehead atoms. The van der Waals surface area contributed by atoms with Gasteiger partial charge in [-0.3, -0.25) is 33.6 Å². The van der Waals surface area contributed by atoms with Crippen LogP contribution in [-0.2, 0) is 71.7 Å². The van der Waals surface area contributed by atoms with Crippen molar-refractivity contribution in [3.05, 3.63) is 249 Å². The Morgan fingerprint density at radius 2 is 0.794 bits per heavy atom. The first-order valence-electron chi connectivity index (χ1n) is 31.5. The molecule has 4 amide bonds. The highest BCUT2D eigenvalue weighted by molar-refractivity contribution is 6.01. The van der Waals surface area contributed by atoms with Gasteiger partial charge in [-0.2, -0.15) is 26.3 Å². The molecule has 0 aliphatic rings. The van der Waals surface area contributed by atoms with Gasteiger partial charge in [-0.15, -0.1) is 0 Å². The number of anilines is 2. The smallest absolute Gasteiger partial charge is 0.416 e. The minimum absolute atomic E-state index is 0.00134. The molecule has 0 saturated heterocycles. The SMILES string of the molecule is COc1ccc(CC(=O)Nc2ccc(C(=O)N(CC(=O)OC(C)(C)C)Cc3ccc(C(=O)O)cc3)cc2)c(C(F)(F)F)c1.COc1ccc(CC(=O)Nc2ccc(C(=O)N(CC(=O)OC(C)(C)C)Cc3ccc(C(=O)OCC(=O)c4ccc(-c5ccc(C)cc5)cc4)cc3)cc2)c(C(F)(F)F)c1. The van der Waals surface area contributed by atoms with Gasteiger partial charge in [0.1, 0.15) is 35.8 Å². The molecule has 0 radical (unpaired) electrons. The molecular formula is C77H74F6N4O15. The van der Waals surface area contributed by atoms with E-state index in [9.17, 15) is 69.5 Å². The molecule has 0 unspecified atom stereocenters. The second-order valence-corrected chi connectivity index (χ2v) is 25.3. The molecule has 0 aromatic heterocycles. The first-order chi connectivity index (χ1) is 47.9. The summed E-state index contributed by atoms with van der Waals surface area (Å²) >= 11 is 0. The van der Waals surface area contributed by atoms with Crippen molar-refractivity contribution in [1.29, 1.82) is 0 Å². The van der Waals surface area contributed by atoms with Gasteiger partial charge < -0.3 is 49.2 Å². The lowest BCUT2D eigenvalue weighted by Gasteiger charge is -2.25. The Hall–Kier alpha value is -11.6. The number of hydrogen-bond donors (Lipinski definition) is 3. The molecule has 8 aromatic rings. The van der Waals surface area contributed by atoms with Crippen molar-refractivity contribution in [2.24, 2.45) is 0 Å². The number of benzene rings is 8. The van der Waals surface area contributed by atoms with Gasteiger partial charge in [0.05, 0.1) is 49.3 Å². The van der Waals surface area contributed by atoms with Crippen molar-refractivity contribution in [2.45, 2.75) is 98.0 Å².